The smallest absolute Gasteiger partial charge is 0.243 e. The molecule has 0 aliphatic heterocycles. The molecule has 9 heteroatoms. The summed E-state index contributed by atoms with van der Waals surface area (Å²) in [7, 11) is 0. The molecule has 0 bridgehead atoms. The highest BCUT2D eigenvalue weighted by Gasteiger charge is 2.18. The summed E-state index contributed by atoms with van der Waals surface area (Å²) in [4.78, 5) is 27.7. The lowest BCUT2D eigenvalue weighted by Crippen LogP contribution is -2.37. The van der Waals surface area contributed by atoms with E-state index in [0.717, 1.165) is 6.07 Å². The van der Waals surface area contributed by atoms with Crippen LogP contribution in [0.5, 0.6) is 0 Å². The fraction of sp³-hybridized carbons (Fsp3) is 0.188. The number of nitrogens with zero attached hydrogens (tertiary/aromatic N) is 1. The molecule has 1 aromatic heterocycles. The topological polar surface area (TPSA) is 71.1 Å². The van der Waals surface area contributed by atoms with E-state index in [-0.39, 0.29) is 0 Å². The van der Waals surface area contributed by atoms with Crippen molar-refractivity contribution >= 4 is 29.3 Å². The van der Waals surface area contributed by atoms with Crippen LogP contribution in [0.25, 0.3) is 0 Å². The zero-order valence-corrected chi connectivity index (χ0v) is 13.9. The van der Waals surface area contributed by atoms with Crippen LogP contribution >= 0.6 is 11.8 Å². The summed E-state index contributed by atoms with van der Waals surface area (Å²) in [5, 5.41) is 4.59. The van der Waals surface area contributed by atoms with E-state index in [2.05, 4.69) is 15.6 Å². The summed E-state index contributed by atoms with van der Waals surface area (Å²) in [5.74, 6) is -5.73. The number of carbonyl (C=O) groups excluding carboxylic acids is 2. The maximum atomic E-state index is 13.5. The summed E-state index contributed by atoms with van der Waals surface area (Å²) >= 11 is 1.21. The highest BCUT2D eigenvalue weighted by molar-refractivity contribution is 8.00. The fourth-order valence-electron chi connectivity index (χ4n) is 1.78. The Morgan fingerprint density at radius 3 is 2.60 bits per heavy atom. The lowest BCUT2D eigenvalue weighted by molar-refractivity contribution is -0.123. The third kappa shape index (κ3) is 5.21. The van der Waals surface area contributed by atoms with Crippen molar-refractivity contribution in [3.8, 4) is 0 Å². The average Bonchev–Trinajstić information content (AvgIpc) is 2.61. The van der Waals surface area contributed by atoms with Crippen molar-refractivity contribution in [2.24, 2.45) is 0 Å². The molecular formula is C16H14F3N3O2S. The second kappa shape index (κ2) is 8.52. The van der Waals surface area contributed by atoms with Gasteiger partial charge in [0, 0.05) is 6.20 Å². The molecule has 2 N–H and O–H groups in total. The molecule has 1 heterocycles. The van der Waals surface area contributed by atoms with Crippen LogP contribution in [0.15, 0.2) is 41.6 Å². The maximum absolute atomic E-state index is 13.5. The molecule has 2 amide bonds. The molecule has 0 radical (unpaired) electrons. The number of amides is 2. The number of hydrogen-bond donors (Lipinski definition) is 2. The van der Waals surface area contributed by atoms with Gasteiger partial charge in [0.15, 0.2) is 17.5 Å². The Morgan fingerprint density at radius 1 is 1.16 bits per heavy atom. The Hall–Kier alpha value is -2.55. The first-order valence-corrected chi connectivity index (χ1v) is 8.05. The molecule has 1 aromatic carbocycles. The van der Waals surface area contributed by atoms with Gasteiger partial charge in [0.25, 0.3) is 0 Å². The van der Waals surface area contributed by atoms with Crippen LogP contribution in [-0.2, 0) is 9.59 Å². The highest BCUT2D eigenvalue weighted by atomic mass is 32.2. The molecule has 0 saturated heterocycles. The number of pyridine rings is 1. The molecule has 2 aromatic rings. The first-order valence-electron chi connectivity index (χ1n) is 7.17. The summed E-state index contributed by atoms with van der Waals surface area (Å²) in [6.45, 7) is 1.20. The van der Waals surface area contributed by atoms with Crippen molar-refractivity contribution < 1.29 is 22.8 Å². The van der Waals surface area contributed by atoms with Crippen molar-refractivity contribution in [3.63, 3.8) is 0 Å². The molecule has 0 saturated carbocycles. The van der Waals surface area contributed by atoms with E-state index in [4.69, 9.17) is 0 Å². The Bertz CT molecular complexity index is 775. The number of benzene rings is 1. The molecule has 0 fully saturated rings. The zero-order chi connectivity index (χ0) is 18.4. The van der Waals surface area contributed by atoms with Crippen LogP contribution in [-0.4, -0.2) is 28.6 Å². The van der Waals surface area contributed by atoms with Gasteiger partial charge in [-0.1, -0.05) is 17.8 Å². The van der Waals surface area contributed by atoms with Gasteiger partial charge < -0.3 is 10.6 Å². The fourth-order valence-corrected chi connectivity index (χ4v) is 2.61. The number of thioether (sulfide) groups is 1. The number of anilines is 1. The first-order chi connectivity index (χ1) is 11.9. The van der Waals surface area contributed by atoms with Crippen molar-refractivity contribution in [1.29, 1.82) is 0 Å². The summed E-state index contributed by atoms with van der Waals surface area (Å²) in [5.41, 5.74) is -0.506. The van der Waals surface area contributed by atoms with Crippen LogP contribution in [0, 0.1) is 17.5 Å². The Balaban J connectivity index is 1.85. The van der Waals surface area contributed by atoms with E-state index in [1.54, 1.807) is 31.3 Å². The number of carbonyl (C=O) groups is 2. The largest absolute Gasteiger partial charge is 0.346 e. The molecule has 132 valence electrons. The van der Waals surface area contributed by atoms with Crippen LogP contribution in [0.2, 0.25) is 0 Å². The van der Waals surface area contributed by atoms with Gasteiger partial charge in [-0.15, -0.1) is 0 Å². The number of aromatic nitrogens is 1. The lowest BCUT2D eigenvalue weighted by atomic mass is 10.2. The third-order valence-electron chi connectivity index (χ3n) is 3.04. The Labute approximate surface area is 146 Å². The van der Waals surface area contributed by atoms with Gasteiger partial charge in [-0.05, 0) is 31.2 Å². The normalized spacial score (nSPS) is 11.7. The van der Waals surface area contributed by atoms with Gasteiger partial charge in [0.05, 0.1) is 22.5 Å². The Kier molecular flexibility index (Phi) is 6.40. The van der Waals surface area contributed by atoms with Gasteiger partial charge in [-0.3, -0.25) is 9.59 Å². The molecule has 5 nitrogen and oxygen atoms in total. The molecule has 0 spiro atoms. The summed E-state index contributed by atoms with van der Waals surface area (Å²) in [6.07, 6.45) is 1.59. The molecule has 0 aliphatic rings. The zero-order valence-electron chi connectivity index (χ0n) is 13.1. The Morgan fingerprint density at radius 2 is 1.92 bits per heavy atom. The van der Waals surface area contributed by atoms with E-state index < -0.39 is 46.7 Å². The lowest BCUT2D eigenvalue weighted by Gasteiger charge is -2.12. The van der Waals surface area contributed by atoms with E-state index in [1.807, 2.05) is 0 Å². The minimum atomic E-state index is -1.68. The quantitative estimate of drug-likeness (QED) is 0.607. The minimum Gasteiger partial charge on any atom is -0.346 e. The predicted octanol–water partition coefficient (Wildman–Crippen LogP) is 2.73. The molecule has 0 aliphatic carbocycles. The number of halogens is 3. The monoisotopic (exact) mass is 369 g/mol. The summed E-state index contributed by atoms with van der Waals surface area (Å²) in [6, 6.07) is 6.86. The molecular weight excluding hydrogens is 355 g/mol. The van der Waals surface area contributed by atoms with E-state index >= 15 is 0 Å². The minimum absolute atomic E-state index is 0.420. The van der Waals surface area contributed by atoms with Crippen LogP contribution in [0.4, 0.5) is 18.9 Å². The van der Waals surface area contributed by atoms with E-state index in [0.29, 0.717) is 11.1 Å². The standard InChI is InChI=1S/C16H14F3N3O2S/c1-9(25-13-4-2-3-7-20-13)16(24)21-8-12(23)22-11-6-5-10(17)14(18)15(11)19/h2-7,9H,8H2,1H3,(H,21,24)(H,22,23)/t9-/m1/s1. The highest BCUT2D eigenvalue weighted by Crippen LogP contribution is 2.21. The van der Waals surface area contributed by atoms with Crippen LogP contribution in [0.3, 0.4) is 0 Å². The SMILES string of the molecule is C[C@@H](Sc1ccccn1)C(=O)NCC(=O)Nc1ccc(F)c(F)c1F. The number of rotatable bonds is 6. The van der Waals surface area contributed by atoms with Gasteiger partial charge >= 0.3 is 0 Å². The molecule has 0 unspecified atom stereocenters. The molecule has 2 rings (SSSR count). The van der Waals surface area contributed by atoms with Crippen LogP contribution < -0.4 is 10.6 Å². The van der Waals surface area contributed by atoms with Gasteiger partial charge in [-0.2, -0.15) is 0 Å². The van der Waals surface area contributed by atoms with Crippen molar-refractivity contribution in [1.82, 2.24) is 10.3 Å². The van der Waals surface area contributed by atoms with Crippen molar-refractivity contribution in [2.75, 3.05) is 11.9 Å². The average molecular weight is 369 g/mol. The number of hydrogen-bond acceptors (Lipinski definition) is 4. The predicted molar refractivity (Wildman–Crippen MR) is 87.5 cm³/mol. The van der Waals surface area contributed by atoms with E-state index in [9.17, 15) is 22.8 Å². The van der Waals surface area contributed by atoms with E-state index in [1.165, 1.54) is 11.8 Å². The number of nitrogens with one attached hydrogen (secondary N) is 2. The van der Waals surface area contributed by atoms with Gasteiger partial charge in [0.2, 0.25) is 11.8 Å². The second-order valence-corrected chi connectivity index (χ2v) is 6.28. The first kappa shape index (κ1) is 18.8. The van der Waals surface area contributed by atoms with Gasteiger partial charge in [-0.25, -0.2) is 18.2 Å². The van der Waals surface area contributed by atoms with Crippen LogP contribution in [0.1, 0.15) is 6.92 Å². The maximum Gasteiger partial charge on any atom is 0.243 e. The third-order valence-corrected chi connectivity index (χ3v) is 4.09. The molecule has 1 atom stereocenters. The summed E-state index contributed by atoms with van der Waals surface area (Å²) < 4.78 is 39.4. The van der Waals surface area contributed by atoms with Crippen molar-refractivity contribution in [3.05, 3.63) is 54.0 Å². The van der Waals surface area contributed by atoms with Crippen molar-refractivity contribution in [2.45, 2.75) is 17.2 Å². The second-order valence-electron chi connectivity index (χ2n) is 4.92. The van der Waals surface area contributed by atoms with Gasteiger partial charge in [0.1, 0.15) is 0 Å². The molecule has 25 heavy (non-hydrogen) atoms.